The van der Waals surface area contributed by atoms with Gasteiger partial charge in [-0.25, -0.2) is 4.39 Å². The lowest BCUT2D eigenvalue weighted by Crippen LogP contribution is -2.31. The van der Waals surface area contributed by atoms with Crippen molar-refractivity contribution >= 4 is 5.69 Å². The topological polar surface area (TPSA) is 52.0 Å². The summed E-state index contributed by atoms with van der Waals surface area (Å²) in [6, 6.07) is 5.18. The molecule has 0 aromatic heterocycles. The molecule has 0 fully saturated rings. The van der Waals surface area contributed by atoms with Crippen LogP contribution < -0.4 is 11.5 Å². The predicted octanol–water partition coefficient (Wildman–Crippen LogP) is 2.07. The molecule has 0 heterocycles. The zero-order valence-corrected chi connectivity index (χ0v) is 7.97. The Hall–Kier alpha value is -1.09. The Morgan fingerprint density at radius 1 is 1.46 bits per heavy atom. The van der Waals surface area contributed by atoms with Gasteiger partial charge < -0.3 is 5.73 Å². The highest BCUT2D eigenvalue weighted by molar-refractivity contribution is 5.51. The fourth-order valence-corrected chi connectivity index (χ4v) is 1.25. The van der Waals surface area contributed by atoms with Crippen LogP contribution in [-0.4, -0.2) is 0 Å². The van der Waals surface area contributed by atoms with Crippen LogP contribution in [0.3, 0.4) is 0 Å². The summed E-state index contributed by atoms with van der Waals surface area (Å²) >= 11 is 0. The molecular weight excluding hydrogens is 167 g/mol. The lowest BCUT2D eigenvalue weighted by Gasteiger charge is -2.20. The number of aryl methyl sites for hydroxylation is 1. The standard InChI is InChI=1S/C10H15FN2/c1-3-10(11,13)8-5-4-7(2)6-9(8)12/h4-6H,3,12-13H2,1-2H3. The largest absolute Gasteiger partial charge is 0.398 e. The van der Waals surface area contributed by atoms with E-state index >= 15 is 0 Å². The summed E-state index contributed by atoms with van der Waals surface area (Å²) in [5.41, 5.74) is 12.9. The summed E-state index contributed by atoms with van der Waals surface area (Å²) in [5, 5.41) is 0. The predicted molar refractivity (Wildman–Crippen MR) is 52.9 cm³/mol. The van der Waals surface area contributed by atoms with E-state index in [4.69, 9.17) is 11.5 Å². The van der Waals surface area contributed by atoms with Crippen molar-refractivity contribution in [3.8, 4) is 0 Å². The summed E-state index contributed by atoms with van der Waals surface area (Å²) in [6.45, 7) is 3.60. The maximum atomic E-state index is 13.6. The third kappa shape index (κ3) is 1.98. The SMILES string of the molecule is CCC(N)(F)c1ccc(C)cc1N. The Morgan fingerprint density at radius 3 is 2.54 bits per heavy atom. The first kappa shape index (κ1) is 9.99. The van der Waals surface area contributed by atoms with Crippen LogP contribution in [-0.2, 0) is 5.79 Å². The van der Waals surface area contributed by atoms with E-state index < -0.39 is 5.79 Å². The van der Waals surface area contributed by atoms with Gasteiger partial charge in [0.15, 0.2) is 5.79 Å². The first-order chi connectivity index (χ1) is 5.97. The van der Waals surface area contributed by atoms with Crippen LogP contribution in [0.1, 0.15) is 24.5 Å². The van der Waals surface area contributed by atoms with Gasteiger partial charge in [0.1, 0.15) is 0 Å². The molecule has 0 aliphatic heterocycles. The van der Waals surface area contributed by atoms with Crippen molar-refractivity contribution in [1.29, 1.82) is 0 Å². The molecule has 1 aromatic carbocycles. The summed E-state index contributed by atoms with van der Waals surface area (Å²) in [5.74, 6) is -1.81. The van der Waals surface area contributed by atoms with Crippen LogP contribution >= 0.6 is 0 Å². The van der Waals surface area contributed by atoms with E-state index in [-0.39, 0.29) is 6.42 Å². The van der Waals surface area contributed by atoms with Crippen LogP contribution in [0, 0.1) is 6.92 Å². The Bertz CT molecular complexity index is 308. The number of halogens is 1. The normalized spacial score (nSPS) is 15.4. The molecule has 72 valence electrons. The van der Waals surface area contributed by atoms with Gasteiger partial charge in [0.05, 0.1) is 0 Å². The highest BCUT2D eigenvalue weighted by atomic mass is 19.1. The molecule has 0 bridgehead atoms. The molecule has 0 spiro atoms. The third-order valence-electron chi connectivity index (χ3n) is 2.17. The van der Waals surface area contributed by atoms with E-state index in [1.807, 2.05) is 13.0 Å². The number of nitrogen functional groups attached to an aromatic ring is 1. The molecule has 1 unspecified atom stereocenters. The van der Waals surface area contributed by atoms with E-state index in [9.17, 15) is 4.39 Å². The number of anilines is 1. The van der Waals surface area contributed by atoms with Gasteiger partial charge >= 0.3 is 0 Å². The molecule has 0 saturated carbocycles. The van der Waals surface area contributed by atoms with Gasteiger partial charge in [-0.1, -0.05) is 19.1 Å². The van der Waals surface area contributed by atoms with Gasteiger partial charge in [-0.3, -0.25) is 5.73 Å². The zero-order valence-electron chi connectivity index (χ0n) is 7.97. The van der Waals surface area contributed by atoms with E-state index in [1.54, 1.807) is 19.1 Å². The van der Waals surface area contributed by atoms with Crippen molar-refractivity contribution in [1.82, 2.24) is 0 Å². The van der Waals surface area contributed by atoms with Crippen LogP contribution in [0.25, 0.3) is 0 Å². The Kier molecular flexibility index (Phi) is 2.57. The molecule has 1 aromatic rings. The van der Waals surface area contributed by atoms with Crippen molar-refractivity contribution in [3.63, 3.8) is 0 Å². The molecule has 0 aliphatic carbocycles. The maximum absolute atomic E-state index is 13.6. The van der Waals surface area contributed by atoms with E-state index in [0.717, 1.165) is 5.56 Å². The molecule has 0 aliphatic rings. The lowest BCUT2D eigenvalue weighted by molar-refractivity contribution is 0.169. The first-order valence-electron chi connectivity index (χ1n) is 4.32. The molecule has 0 radical (unpaired) electrons. The Labute approximate surface area is 77.7 Å². The first-order valence-corrected chi connectivity index (χ1v) is 4.32. The average molecular weight is 182 g/mol. The molecule has 1 atom stereocenters. The fourth-order valence-electron chi connectivity index (χ4n) is 1.25. The molecule has 0 saturated heterocycles. The number of nitrogens with two attached hydrogens (primary N) is 2. The van der Waals surface area contributed by atoms with Gasteiger partial charge in [-0.15, -0.1) is 0 Å². The quantitative estimate of drug-likeness (QED) is 0.543. The Morgan fingerprint density at radius 2 is 2.08 bits per heavy atom. The van der Waals surface area contributed by atoms with Crippen LogP contribution in [0.4, 0.5) is 10.1 Å². The minimum atomic E-state index is -1.81. The van der Waals surface area contributed by atoms with Gasteiger partial charge in [0.25, 0.3) is 0 Å². The summed E-state index contributed by atoms with van der Waals surface area (Å²) in [4.78, 5) is 0. The van der Waals surface area contributed by atoms with Gasteiger partial charge in [0.2, 0.25) is 0 Å². The fraction of sp³-hybridized carbons (Fsp3) is 0.400. The number of alkyl halides is 1. The lowest BCUT2D eigenvalue weighted by atomic mass is 9.99. The molecule has 1 rings (SSSR count). The third-order valence-corrected chi connectivity index (χ3v) is 2.17. The average Bonchev–Trinajstić information content (AvgIpc) is 2.03. The van der Waals surface area contributed by atoms with Crippen LogP contribution in [0.2, 0.25) is 0 Å². The van der Waals surface area contributed by atoms with Crippen LogP contribution in [0.15, 0.2) is 18.2 Å². The maximum Gasteiger partial charge on any atom is 0.186 e. The second-order valence-corrected chi connectivity index (χ2v) is 3.31. The second-order valence-electron chi connectivity index (χ2n) is 3.31. The van der Waals surface area contributed by atoms with Crippen molar-refractivity contribution in [2.45, 2.75) is 26.1 Å². The number of benzene rings is 1. The van der Waals surface area contributed by atoms with Gasteiger partial charge in [0, 0.05) is 11.3 Å². The zero-order chi connectivity index (χ0) is 10.1. The Balaban J connectivity index is 3.16. The van der Waals surface area contributed by atoms with E-state index in [1.165, 1.54) is 0 Å². The molecule has 4 N–H and O–H groups in total. The molecule has 2 nitrogen and oxygen atoms in total. The molecule has 0 amide bonds. The number of rotatable bonds is 2. The van der Waals surface area contributed by atoms with Crippen molar-refractivity contribution in [2.75, 3.05) is 5.73 Å². The molecule has 13 heavy (non-hydrogen) atoms. The van der Waals surface area contributed by atoms with Crippen molar-refractivity contribution in [3.05, 3.63) is 29.3 Å². The van der Waals surface area contributed by atoms with E-state index in [0.29, 0.717) is 11.3 Å². The summed E-state index contributed by atoms with van der Waals surface area (Å²) in [7, 11) is 0. The number of hydrogen-bond acceptors (Lipinski definition) is 2. The summed E-state index contributed by atoms with van der Waals surface area (Å²) in [6.07, 6.45) is 0.222. The van der Waals surface area contributed by atoms with E-state index in [2.05, 4.69) is 0 Å². The molecular formula is C10H15FN2. The number of hydrogen-bond donors (Lipinski definition) is 2. The van der Waals surface area contributed by atoms with Gasteiger partial charge in [-0.2, -0.15) is 0 Å². The highest BCUT2D eigenvalue weighted by Gasteiger charge is 2.25. The monoisotopic (exact) mass is 182 g/mol. The molecule has 3 heteroatoms. The van der Waals surface area contributed by atoms with Crippen molar-refractivity contribution in [2.24, 2.45) is 5.73 Å². The minimum Gasteiger partial charge on any atom is -0.398 e. The minimum absolute atomic E-state index is 0.222. The van der Waals surface area contributed by atoms with Crippen molar-refractivity contribution < 1.29 is 4.39 Å². The van der Waals surface area contributed by atoms with Crippen LogP contribution in [0.5, 0.6) is 0 Å². The highest BCUT2D eigenvalue weighted by Crippen LogP contribution is 2.28. The summed E-state index contributed by atoms with van der Waals surface area (Å²) < 4.78 is 13.6. The smallest absolute Gasteiger partial charge is 0.186 e. The second kappa shape index (κ2) is 3.34. The van der Waals surface area contributed by atoms with Gasteiger partial charge in [-0.05, 0) is 25.0 Å².